The van der Waals surface area contributed by atoms with Gasteiger partial charge in [0.05, 0.1) is 31.8 Å². The number of hydrogen-bond acceptors (Lipinski definition) is 14. The summed E-state index contributed by atoms with van der Waals surface area (Å²) in [4.78, 5) is 11.4. The van der Waals surface area contributed by atoms with Gasteiger partial charge < -0.3 is 0 Å². The van der Waals surface area contributed by atoms with Crippen molar-refractivity contribution in [2.24, 2.45) is 34.5 Å². The maximum Gasteiger partial charge on any atom is 0.145 e. The number of ketones is 1. The van der Waals surface area contributed by atoms with Crippen LogP contribution in [-0.2, 0) is 11.2 Å². The topological polar surface area (TPSA) is 40.9 Å². The molecule has 0 amide bonds. The zero-order valence-corrected chi connectivity index (χ0v) is 62.2. The summed E-state index contributed by atoms with van der Waals surface area (Å²) in [5.41, 5.74) is 2.86. The van der Waals surface area contributed by atoms with Crippen LogP contribution in [0.25, 0.3) is 0 Å². The number of hydrogen-bond donors (Lipinski definition) is 0. The molecule has 0 aliphatic heterocycles. The maximum atomic E-state index is 11.4. The highest BCUT2D eigenvalue weighted by Crippen LogP contribution is 2.45. The van der Waals surface area contributed by atoms with E-state index < -0.39 is 4.75 Å². The first-order valence-corrected chi connectivity index (χ1v) is 37.9. The second kappa shape index (κ2) is 41.6. The smallest absolute Gasteiger partial charge is 0.145 e. The van der Waals surface area contributed by atoms with Gasteiger partial charge in [0.25, 0.3) is 0 Å². The molecule has 0 spiro atoms. The predicted molar refractivity (Wildman–Crippen MR) is 413 cm³/mol. The van der Waals surface area contributed by atoms with Crippen LogP contribution in [-0.4, -0.2) is 50.0 Å². The molecular weight excluding hydrogens is 1240 g/mol. The van der Waals surface area contributed by atoms with Crippen molar-refractivity contribution in [1.29, 1.82) is 5.26 Å². The van der Waals surface area contributed by atoms with Crippen LogP contribution in [0.4, 0.5) is 0 Å². The number of Topliss-reactive ketones (excluding diaryl/α,β-unsaturated/α-hetero) is 1. The highest BCUT2D eigenvalue weighted by molar-refractivity contribution is 8.89. The van der Waals surface area contributed by atoms with Gasteiger partial charge in [0.1, 0.15) is 10.5 Å². The number of thiocarbonyl (C=S) groups is 6. The van der Waals surface area contributed by atoms with Crippen molar-refractivity contribution in [2.75, 3.05) is 0 Å². The van der Waals surface area contributed by atoms with Crippen LogP contribution >= 0.6 is 142 Å². The lowest BCUT2D eigenvalue weighted by Crippen LogP contribution is -2.34. The molecule has 4 aliphatic carbocycles. The zero-order chi connectivity index (χ0) is 61.1. The third kappa shape index (κ3) is 34.3. The number of rotatable bonds is 13. The van der Waals surface area contributed by atoms with E-state index >= 15 is 0 Å². The SMILES string of the molecule is C.C.CC(=O)C(C)(C)SC(=S)c1ccccc1.CC(C)(C#N)SC(=S)C1CCCCC1.CC(C)(C)C(C)(C)SC(=S)CC1CCCCC1.CC(C)(C)C(C)(C)SC(=S)Cc1ccccc1.S=C(SSC(=S)C1CCCCC1)C1CCCCC1. The normalized spacial score (nSPS) is 16.7. The Bertz CT molecular complexity index is 2250. The number of carbonyl (C=O) groups is 1. The molecule has 4 saturated carbocycles. The lowest BCUT2D eigenvalue weighted by molar-refractivity contribution is -0.118. The van der Waals surface area contributed by atoms with Crippen molar-refractivity contribution in [3.05, 3.63) is 71.8 Å². The maximum absolute atomic E-state index is 11.4. The second-order valence-corrected chi connectivity index (χ2v) is 39.7. The molecule has 83 heavy (non-hydrogen) atoms. The number of nitrogens with zero attached hydrogens (tertiary/aromatic N) is 1. The molecule has 14 heteroatoms. The molecule has 2 aromatic rings. The Labute approximate surface area is 568 Å². The Morgan fingerprint density at radius 2 is 0.831 bits per heavy atom. The molecule has 0 saturated heterocycles. The zero-order valence-electron chi connectivity index (χ0n) is 52.4. The summed E-state index contributed by atoms with van der Waals surface area (Å²) in [5, 5.41) is 8.91. The predicted octanol–water partition coefficient (Wildman–Crippen LogP) is 25.8. The van der Waals surface area contributed by atoms with E-state index in [-0.39, 0.29) is 40.3 Å². The van der Waals surface area contributed by atoms with E-state index in [1.807, 2.05) is 87.6 Å². The largest absolute Gasteiger partial charge is 0.298 e. The van der Waals surface area contributed by atoms with E-state index in [1.165, 1.54) is 165 Å². The van der Waals surface area contributed by atoms with Crippen LogP contribution in [0.2, 0.25) is 0 Å². The van der Waals surface area contributed by atoms with E-state index in [9.17, 15) is 4.79 Å². The molecule has 0 unspecified atom stereocenters. The Hall–Kier alpha value is 0.240. The minimum atomic E-state index is -0.438. The lowest BCUT2D eigenvalue weighted by atomic mass is 9.82. The van der Waals surface area contributed by atoms with Gasteiger partial charge in [0.2, 0.25) is 0 Å². The third-order valence-electron chi connectivity index (χ3n) is 16.6. The van der Waals surface area contributed by atoms with E-state index in [0.717, 1.165) is 30.5 Å². The fourth-order valence-corrected chi connectivity index (χ4v) is 19.6. The molecule has 0 bridgehead atoms. The molecule has 0 atom stereocenters. The lowest BCUT2D eigenvalue weighted by Gasteiger charge is -2.38. The Morgan fingerprint density at radius 1 is 0.482 bits per heavy atom. The summed E-state index contributed by atoms with van der Waals surface area (Å²) in [6, 6.07) is 22.5. The number of carbonyl (C=O) groups excluding carboxylic acids is 1. The summed E-state index contributed by atoms with van der Waals surface area (Å²) in [7, 11) is 3.58. The molecule has 4 fully saturated rings. The fourth-order valence-electron chi connectivity index (χ4n) is 8.87. The summed E-state index contributed by atoms with van der Waals surface area (Å²) < 4.78 is 6.16. The Balaban J connectivity index is 0.00000101. The summed E-state index contributed by atoms with van der Waals surface area (Å²) in [5.74, 6) is 2.96. The van der Waals surface area contributed by atoms with Crippen LogP contribution < -0.4 is 0 Å². The van der Waals surface area contributed by atoms with Crippen LogP contribution in [0.15, 0.2) is 60.7 Å². The van der Waals surface area contributed by atoms with Crippen molar-refractivity contribution in [3.8, 4) is 6.07 Å². The van der Waals surface area contributed by atoms with Crippen LogP contribution in [0, 0.1) is 45.8 Å². The number of benzene rings is 2. The molecular formula is C69H111NOS12. The van der Waals surface area contributed by atoms with Crippen molar-refractivity contribution in [2.45, 2.75) is 279 Å². The van der Waals surface area contributed by atoms with Crippen LogP contribution in [0.1, 0.15) is 265 Å². The Kier molecular flexibility index (Phi) is 41.7. The standard InChI is InChI=1S/C15H28S2.C15H22S2.C14H22S4.C12H14OS2.C11H17NS2.2CH4/c2*1-14(2,3)15(4,5)17-13(16)11-12-9-7-6-8-10-12;15-13(11-7-3-1-4-8-11)17-18-14(16)12-9-5-2-6-10-12;1-9(13)12(2,3)15-11(14)10-7-5-4-6-8-10;1-11(2,8-12)14-10(13)9-6-4-3-5-7-9;;/h12H,6-11H2,1-5H3;6-10H,11H2,1-5H3;11-12H,1-10H2;4-8H,1-3H3;9H,3-7H2,1-2H3;2*1H4. The molecule has 2 nitrogen and oxygen atoms in total. The molecule has 4 aliphatic rings. The van der Waals surface area contributed by atoms with Crippen molar-refractivity contribution < 1.29 is 4.79 Å². The molecule has 0 radical (unpaired) electrons. The monoisotopic (exact) mass is 1350 g/mol. The average Bonchev–Trinajstić information content (AvgIpc) is 3.41. The van der Waals surface area contributed by atoms with Crippen molar-refractivity contribution >= 4 is 173 Å². The van der Waals surface area contributed by atoms with Gasteiger partial charge in [0, 0.05) is 37.9 Å². The third-order valence-corrected chi connectivity index (χ3v) is 28.0. The van der Waals surface area contributed by atoms with Gasteiger partial charge in [-0.1, -0.05) is 304 Å². The highest BCUT2D eigenvalue weighted by atomic mass is 33.1. The molecule has 2 aromatic carbocycles. The van der Waals surface area contributed by atoms with Gasteiger partial charge in [0.15, 0.2) is 0 Å². The first-order chi connectivity index (χ1) is 37.7. The first-order valence-electron chi connectivity index (χ1n) is 30.0. The van der Waals surface area contributed by atoms with Gasteiger partial charge in [-0.05, 0) is 157 Å². The van der Waals surface area contributed by atoms with Crippen LogP contribution in [0.5, 0.6) is 0 Å². The quantitative estimate of drug-likeness (QED) is 0.141. The average molecular weight is 1360 g/mol. The van der Waals surface area contributed by atoms with E-state index in [0.29, 0.717) is 23.2 Å². The molecule has 470 valence electrons. The molecule has 6 rings (SSSR count). The highest BCUT2D eigenvalue weighted by Gasteiger charge is 2.36. The summed E-state index contributed by atoms with van der Waals surface area (Å²) in [6.07, 6.45) is 29.0. The minimum absolute atomic E-state index is 0. The first kappa shape index (κ1) is 83.2. The summed E-state index contributed by atoms with van der Waals surface area (Å²) in [6.45, 7) is 32.2. The molecule has 0 aromatic heterocycles. The van der Waals surface area contributed by atoms with Gasteiger partial charge in [-0.25, -0.2) is 0 Å². The van der Waals surface area contributed by atoms with Crippen molar-refractivity contribution in [3.63, 3.8) is 0 Å². The van der Waals surface area contributed by atoms with Gasteiger partial charge in [-0.2, -0.15) is 5.26 Å². The van der Waals surface area contributed by atoms with Crippen molar-refractivity contribution in [1.82, 2.24) is 0 Å². The van der Waals surface area contributed by atoms with E-state index in [4.69, 9.17) is 78.6 Å². The van der Waals surface area contributed by atoms with E-state index in [2.05, 4.69) is 99.6 Å². The van der Waals surface area contributed by atoms with Gasteiger partial charge in [-0.15, -0.1) is 23.5 Å². The fraction of sp³-hybridized carbons (Fsp3) is 0.710. The summed E-state index contributed by atoms with van der Waals surface area (Å²) >= 11 is 39.8. The van der Waals surface area contributed by atoms with Gasteiger partial charge in [-0.3, -0.25) is 4.79 Å². The number of thioether (sulfide) groups is 4. The van der Waals surface area contributed by atoms with Crippen LogP contribution in [0.3, 0.4) is 0 Å². The van der Waals surface area contributed by atoms with Gasteiger partial charge >= 0.3 is 0 Å². The second-order valence-electron chi connectivity index (χ2n) is 26.5. The number of nitriles is 1. The van der Waals surface area contributed by atoms with E-state index in [1.54, 1.807) is 40.3 Å². The minimum Gasteiger partial charge on any atom is -0.298 e. The Morgan fingerprint density at radius 3 is 1.19 bits per heavy atom. The molecule has 0 N–H and O–H groups in total. The molecule has 0 heterocycles.